The first-order valence-corrected chi connectivity index (χ1v) is 7.83. The molecule has 1 N–H and O–H groups in total. The standard InChI is InChI=1S/C16H12Br2N2/c17-13-5-6-15(18)16(7-13)20-10-12-9-19-8-11-3-1-2-4-14(11)12/h1-9,20H,10H2. The molecule has 0 spiro atoms. The lowest BCUT2D eigenvalue weighted by Gasteiger charge is -2.11. The molecule has 0 atom stereocenters. The van der Waals surface area contributed by atoms with E-state index in [2.05, 4.69) is 66.4 Å². The van der Waals surface area contributed by atoms with E-state index < -0.39 is 0 Å². The van der Waals surface area contributed by atoms with E-state index >= 15 is 0 Å². The second-order valence-electron chi connectivity index (χ2n) is 4.50. The number of aromatic nitrogens is 1. The number of nitrogens with one attached hydrogen (secondary N) is 1. The third-order valence-corrected chi connectivity index (χ3v) is 4.33. The third-order valence-electron chi connectivity index (χ3n) is 3.15. The van der Waals surface area contributed by atoms with Crippen molar-refractivity contribution in [3.05, 3.63) is 69.4 Å². The van der Waals surface area contributed by atoms with Gasteiger partial charge in [-0.05, 0) is 45.1 Å². The highest BCUT2D eigenvalue weighted by Crippen LogP contribution is 2.27. The van der Waals surface area contributed by atoms with Gasteiger partial charge in [0.15, 0.2) is 0 Å². The van der Waals surface area contributed by atoms with Crippen LogP contribution in [0, 0.1) is 0 Å². The van der Waals surface area contributed by atoms with E-state index in [-0.39, 0.29) is 0 Å². The molecule has 20 heavy (non-hydrogen) atoms. The number of pyridine rings is 1. The minimum absolute atomic E-state index is 0.739. The van der Waals surface area contributed by atoms with Crippen LogP contribution in [0.1, 0.15) is 5.56 Å². The first-order chi connectivity index (χ1) is 9.74. The maximum Gasteiger partial charge on any atom is 0.0498 e. The molecule has 0 bridgehead atoms. The smallest absolute Gasteiger partial charge is 0.0498 e. The minimum Gasteiger partial charge on any atom is -0.380 e. The molecule has 2 aromatic carbocycles. The summed E-state index contributed by atoms with van der Waals surface area (Å²) in [6, 6.07) is 14.4. The normalized spacial score (nSPS) is 10.7. The highest BCUT2D eigenvalue weighted by molar-refractivity contribution is 9.11. The van der Waals surface area contributed by atoms with Crippen LogP contribution in [-0.4, -0.2) is 4.98 Å². The zero-order chi connectivity index (χ0) is 13.9. The molecule has 0 fully saturated rings. The summed E-state index contributed by atoms with van der Waals surface area (Å²) in [4.78, 5) is 4.30. The van der Waals surface area contributed by atoms with E-state index in [9.17, 15) is 0 Å². The maximum atomic E-state index is 4.30. The Bertz CT molecular complexity index is 751. The van der Waals surface area contributed by atoms with Gasteiger partial charge in [-0.1, -0.05) is 40.2 Å². The average molecular weight is 392 g/mol. The molecule has 1 aromatic heterocycles. The topological polar surface area (TPSA) is 24.9 Å². The van der Waals surface area contributed by atoms with Crippen LogP contribution in [-0.2, 0) is 6.54 Å². The zero-order valence-corrected chi connectivity index (χ0v) is 13.8. The van der Waals surface area contributed by atoms with Crippen LogP contribution in [0.25, 0.3) is 10.8 Å². The average Bonchev–Trinajstić information content (AvgIpc) is 2.48. The zero-order valence-electron chi connectivity index (χ0n) is 10.6. The number of fused-ring (bicyclic) bond motifs is 1. The molecule has 0 aliphatic rings. The summed E-state index contributed by atoms with van der Waals surface area (Å²) < 4.78 is 2.10. The molecule has 3 rings (SSSR count). The fourth-order valence-electron chi connectivity index (χ4n) is 2.14. The van der Waals surface area contributed by atoms with Crippen LogP contribution in [0.4, 0.5) is 5.69 Å². The molecular weight excluding hydrogens is 380 g/mol. The van der Waals surface area contributed by atoms with E-state index in [4.69, 9.17) is 0 Å². The predicted molar refractivity (Wildman–Crippen MR) is 90.9 cm³/mol. The van der Waals surface area contributed by atoms with Crippen LogP contribution in [0.5, 0.6) is 0 Å². The van der Waals surface area contributed by atoms with E-state index in [0.29, 0.717) is 0 Å². The second-order valence-corrected chi connectivity index (χ2v) is 6.27. The van der Waals surface area contributed by atoms with E-state index in [1.165, 1.54) is 16.3 Å². The van der Waals surface area contributed by atoms with Gasteiger partial charge in [0, 0.05) is 39.0 Å². The van der Waals surface area contributed by atoms with E-state index in [1.54, 1.807) is 0 Å². The second kappa shape index (κ2) is 5.94. The molecule has 1 heterocycles. The number of rotatable bonds is 3. The van der Waals surface area contributed by atoms with Crippen molar-refractivity contribution in [2.45, 2.75) is 6.54 Å². The maximum absolute atomic E-state index is 4.30. The lowest BCUT2D eigenvalue weighted by atomic mass is 10.1. The molecule has 0 saturated heterocycles. The Morgan fingerprint density at radius 3 is 2.75 bits per heavy atom. The van der Waals surface area contributed by atoms with Gasteiger partial charge in [0.2, 0.25) is 0 Å². The van der Waals surface area contributed by atoms with E-state index in [1.807, 2.05) is 30.6 Å². The monoisotopic (exact) mass is 390 g/mol. The molecule has 0 aliphatic carbocycles. The van der Waals surface area contributed by atoms with Gasteiger partial charge in [0.1, 0.15) is 0 Å². The molecule has 100 valence electrons. The van der Waals surface area contributed by atoms with Crippen molar-refractivity contribution in [3.63, 3.8) is 0 Å². The Morgan fingerprint density at radius 2 is 1.85 bits per heavy atom. The Kier molecular flexibility index (Phi) is 4.03. The SMILES string of the molecule is Brc1ccc(Br)c(NCc2cncc3ccccc23)c1. The van der Waals surface area contributed by atoms with Crippen LogP contribution < -0.4 is 5.32 Å². The molecular formula is C16H12Br2N2. The first kappa shape index (κ1) is 13.6. The summed E-state index contributed by atoms with van der Waals surface area (Å²) in [7, 11) is 0. The van der Waals surface area contributed by atoms with Gasteiger partial charge in [-0.3, -0.25) is 4.98 Å². The quantitative estimate of drug-likeness (QED) is 0.648. The van der Waals surface area contributed by atoms with Gasteiger partial charge < -0.3 is 5.32 Å². The lowest BCUT2D eigenvalue weighted by molar-refractivity contribution is 1.13. The molecule has 0 amide bonds. The summed E-state index contributed by atoms with van der Waals surface area (Å²) in [5.74, 6) is 0. The summed E-state index contributed by atoms with van der Waals surface area (Å²) in [5.41, 5.74) is 2.25. The van der Waals surface area contributed by atoms with Crippen LogP contribution in [0.3, 0.4) is 0 Å². The van der Waals surface area contributed by atoms with Crippen molar-refractivity contribution in [2.75, 3.05) is 5.32 Å². The summed E-state index contributed by atoms with van der Waals surface area (Å²) in [5, 5.41) is 5.85. The van der Waals surface area contributed by atoms with E-state index in [0.717, 1.165) is 21.2 Å². The molecule has 3 aromatic rings. The molecule has 0 aliphatic heterocycles. The highest BCUT2D eigenvalue weighted by atomic mass is 79.9. The Labute approximate surface area is 134 Å². The fourth-order valence-corrected chi connectivity index (χ4v) is 2.89. The number of nitrogens with zero attached hydrogens (tertiary/aromatic N) is 1. The predicted octanol–water partition coefficient (Wildman–Crippen LogP) is 5.37. The van der Waals surface area contributed by atoms with Crippen molar-refractivity contribution >= 4 is 48.3 Å². The number of hydrogen-bond acceptors (Lipinski definition) is 2. The summed E-state index contributed by atoms with van der Waals surface area (Å²) in [6.07, 6.45) is 3.81. The largest absolute Gasteiger partial charge is 0.380 e. The minimum atomic E-state index is 0.739. The van der Waals surface area contributed by atoms with Crippen molar-refractivity contribution in [1.29, 1.82) is 0 Å². The summed E-state index contributed by atoms with van der Waals surface area (Å²) >= 11 is 7.04. The van der Waals surface area contributed by atoms with Crippen molar-refractivity contribution in [1.82, 2.24) is 4.98 Å². The third kappa shape index (κ3) is 2.86. The molecule has 0 radical (unpaired) electrons. The fraction of sp³-hybridized carbons (Fsp3) is 0.0625. The molecule has 2 nitrogen and oxygen atoms in total. The molecule has 0 saturated carbocycles. The highest BCUT2D eigenvalue weighted by Gasteiger charge is 2.03. The number of hydrogen-bond donors (Lipinski definition) is 1. The molecule has 4 heteroatoms. The van der Waals surface area contributed by atoms with Gasteiger partial charge in [-0.25, -0.2) is 0 Å². The van der Waals surface area contributed by atoms with Crippen LogP contribution in [0.2, 0.25) is 0 Å². The number of anilines is 1. The number of benzene rings is 2. The van der Waals surface area contributed by atoms with Crippen molar-refractivity contribution in [2.24, 2.45) is 0 Å². The van der Waals surface area contributed by atoms with Crippen molar-refractivity contribution in [3.8, 4) is 0 Å². The van der Waals surface area contributed by atoms with Gasteiger partial charge in [0.25, 0.3) is 0 Å². The summed E-state index contributed by atoms with van der Waals surface area (Å²) in [6.45, 7) is 0.739. The van der Waals surface area contributed by atoms with Gasteiger partial charge in [0.05, 0.1) is 0 Å². The van der Waals surface area contributed by atoms with Gasteiger partial charge in [-0.2, -0.15) is 0 Å². The van der Waals surface area contributed by atoms with Gasteiger partial charge in [-0.15, -0.1) is 0 Å². The molecule has 0 unspecified atom stereocenters. The number of halogens is 2. The Hall–Kier alpha value is -1.39. The van der Waals surface area contributed by atoms with Crippen LogP contribution in [0.15, 0.2) is 63.8 Å². The van der Waals surface area contributed by atoms with Gasteiger partial charge >= 0.3 is 0 Å². The van der Waals surface area contributed by atoms with Crippen molar-refractivity contribution < 1.29 is 0 Å². The first-order valence-electron chi connectivity index (χ1n) is 6.24. The Balaban J connectivity index is 1.89. The lowest BCUT2D eigenvalue weighted by Crippen LogP contribution is -2.01. The van der Waals surface area contributed by atoms with Crippen LogP contribution >= 0.6 is 31.9 Å². The Morgan fingerprint density at radius 1 is 1.00 bits per heavy atom.